The first-order chi connectivity index (χ1) is 31.8. The molecule has 0 radical (unpaired) electrons. The van der Waals surface area contributed by atoms with E-state index >= 15 is 0 Å². The molecule has 0 spiro atoms. The first kappa shape index (κ1) is 57.0. The maximum absolute atomic E-state index is 13.2. The van der Waals surface area contributed by atoms with E-state index < -0.39 is 72.1 Å². The molecule has 6 N–H and O–H groups in total. The number of hydrogen-bond acceptors (Lipinski definition) is 10. The van der Waals surface area contributed by atoms with Crippen LogP contribution in [0.1, 0.15) is 94.9 Å². The molecule has 16 heteroatoms. The molecule has 368 valence electrons. The van der Waals surface area contributed by atoms with Gasteiger partial charge in [0.2, 0.25) is 0 Å². The van der Waals surface area contributed by atoms with Gasteiger partial charge in [0.05, 0.1) is 12.8 Å². The van der Waals surface area contributed by atoms with Crippen LogP contribution in [-0.2, 0) is 38.2 Å². The average Bonchev–Trinajstić information content (AvgIpc) is 3.24. The summed E-state index contributed by atoms with van der Waals surface area (Å²) in [7, 11) is 0. The molecular formula is C52H68N4O12. The van der Waals surface area contributed by atoms with E-state index in [2.05, 4.69) is 21.3 Å². The summed E-state index contributed by atoms with van der Waals surface area (Å²) in [6.45, 7) is 18.1. The highest BCUT2D eigenvalue weighted by Crippen LogP contribution is 2.42. The highest BCUT2D eigenvalue weighted by molar-refractivity contribution is 6.02. The predicted octanol–water partition coefficient (Wildman–Crippen LogP) is 7.56. The molecule has 2 unspecified atom stereocenters. The summed E-state index contributed by atoms with van der Waals surface area (Å²) in [4.78, 5) is 95.9. The number of carboxylic acid groups (broad SMARTS) is 2. The normalized spacial score (nSPS) is 19.4. The lowest BCUT2D eigenvalue weighted by Gasteiger charge is -2.36. The second-order valence-corrected chi connectivity index (χ2v) is 17.9. The van der Waals surface area contributed by atoms with Gasteiger partial charge in [0.25, 0.3) is 0 Å². The first-order valence-electron chi connectivity index (χ1n) is 22.3. The molecule has 68 heavy (non-hydrogen) atoms. The van der Waals surface area contributed by atoms with Crippen molar-refractivity contribution in [1.82, 2.24) is 21.3 Å². The second kappa shape index (κ2) is 27.5. The molecule has 0 saturated heterocycles. The number of nitrogens with one attached hydrogen (secondary N) is 4. The average molecular weight is 941 g/mol. The number of hydrogen-bond donors (Lipinski definition) is 6. The van der Waals surface area contributed by atoms with Gasteiger partial charge in [-0.2, -0.15) is 0 Å². The van der Waals surface area contributed by atoms with Crippen LogP contribution < -0.4 is 21.3 Å². The molecule has 0 aromatic rings. The lowest BCUT2D eigenvalue weighted by atomic mass is 9.71. The third-order valence-corrected chi connectivity index (χ3v) is 10.9. The summed E-state index contributed by atoms with van der Waals surface area (Å²) in [5, 5.41) is 26.6. The molecule has 2 rings (SSSR count). The number of esters is 2. The molecule has 4 amide bonds. The number of carboxylic acids is 2. The van der Waals surface area contributed by atoms with E-state index in [9.17, 15) is 38.4 Å². The zero-order valence-corrected chi connectivity index (χ0v) is 40.9. The number of rotatable bonds is 22. The summed E-state index contributed by atoms with van der Waals surface area (Å²) in [5.41, 5.74) is 5.68. The van der Waals surface area contributed by atoms with Gasteiger partial charge in [-0.25, -0.2) is 9.59 Å². The Balaban J connectivity index is 1.93. The molecule has 0 saturated carbocycles. The number of carbonyl (C=O) groups is 8. The number of allylic oxidation sites excluding steroid dienone is 20. The van der Waals surface area contributed by atoms with E-state index in [-0.39, 0.29) is 50.3 Å². The zero-order chi connectivity index (χ0) is 51.2. The molecule has 0 aromatic heterocycles. The van der Waals surface area contributed by atoms with Crippen LogP contribution in [0.25, 0.3) is 0 Å². The summed E-state index contributed by atoms with van der Waals surface area (Å²) < 4.78 is 10.8. The topological polar surface area (TPSA) is 244 Å². The highest BCUT2D eigenvalue weighted by atomic mass is 16.6. The molecule has 0 fully saturated rings. The van der Waals surface area contributed by atoms with Gasteiger partial charge in [-0.15, -0.1) is 0 Å². The molecule has 0 bridgehead atoms. The molecule has 0 heterocycles. The van der Waals surface area contributed by atoms with Gasteiger partial charge in [0, 0.05) is 25.9 Å². The van der Waals surface area contributed by atoms with Crippen molar-refractivity contribution >= 4 is 47.5 Å². The van der Waals surface area contributed by atoms with Crippen molar-refractivity contribution in [3.63, 3.8) is 0 Å². The van der Waals surface area contributed by atoms with Crippen LogP contribution in [0.15, 0.2) is 130 Å². The number of ketones is 2. The number of Topliss-reactive ketones (excluding diaryl/α,β-unsaturated/α-hetero) is 2. The lowest BCUT2D eigenvalue weighted by molar-refractivity contribution is -0.155. The molecule has 2 atom stereocenters. The monoisotopic (exact) mass is 940 g/mol. The third kappa shape index (κ3) is 20.6. The third-order valence-electron chi connectivity index (χ3n) is 10.9. The van der Waals surface area contributed by atoms with Gasteiger partial charge < -0.3 is 41.0 Å². The van der Waals surface area contributed by atoms with Crippen LogP contribution in [0, 0.1) is 10.8 Å². The van der Waals surface area contributed by atoms with Crippen LogP contribution in [-0.4, -0.2) is 96.1 Å². The second-order valence-electron chi connectivity index (χ2n) is 17.9. The van der Waals surface area contributed by atoms with E-state index in [1.54, 1.807) is 13.8 Å². The number of amides is 4. The minimum absolute atomic E-state index is 0.0945. The summed E-state index contributed by atoms with van der Waals surface area (Å²) in [6.07, 6.45) is 25.4. The quantitative estimate of drug-likeness (QED) is 0.0455. The Morgan fingerprint density at radius 3 is 1.21 bits per heavy atom. The van der Waals surface area contributed by atoms with E-state index in [1.807, 2.05) is 140 Å². The molecular weight excluding hydrogens is 873 g/mol. The van der Waals surface area contributed by atoms with Crippen LogP contribution in [0.4, 0.5) is 9.59 Å². The largest absolute Gasteiger partial charge is 0.481 e. The summed E-state index contributed by atoms with van der Waals surface area (Å²) in [5.74, 6) is -4.29. The van der Waals surface area contributed by atoms with Crippen LogP contribution in [0.3, 0.4) is 0 Å². The van der Waals surface area contributed by atoms with Crippen molar-refractivity contribution in [3.05, 3.63) is 130 Å². The minimum Gasteiger partial charge on any atom is -0.481 e. The SMILES string of the molecule is CC(C=CC=C(C)C=CC1=C(C)C(=O)C(OC(=O)CNC(=O)NCCC(=O)O)CC1(C)C)=CC=CC=C(C)C=CC=C(C)C=CC1=C(C)C(=O)C(OC(=O)CNC(=O)NCCC(=O)O)CC1(C)C. The van der Waals surface area contributed by atoms with Gasteiger partial charge in [0.15, 0.2) is 23.8 Å². The maximum atomic E-state index is 13.2. The standard InChI is InChI=1S/C52H68N4O12/c1-33(17-13-19-35(3)21-23-39-37(5)47(63)41(29-51(39,7)8)67-45(61)31-55-49(65)53-27-25-43(57)58)15-11-12-16-34(2)18-14-20-36(4)22-24-40-38(6)48(64)42(30-52(40,9)10)68-46(62)32-56-50(66)54-28-26-44(59)60/h11-24,41-42H,25-32H2,1-10H3,(H,57,58)(H,59,60)(H2,53,55,65)(H2,54,56,66). The fraction of sp³-hybridized carbons (Fsp3) is 0.423. The van der Waals surface area contributed by atoms with Gasteiger partial charge in [-0.1, -0.05) is 135 Å². The van der Waals surface area contributed by atoms with Gasteiger partial charge in [-0.3, -0.25) is 28.8 Å². The Labute approximate surface area is 399 Å². The van der Waals surface area contributed by atoms with Crippen molar-refractivity contribution in [1.29, 1.82) is 0 Å². The molecule has 0 aliphatic heterocycles. The summed E-state index contributed by atoms with van der Waals surface area (Å²) >= 11 is 0. The smallest absolute Gasteiger partial charge is 0.326 e. The molecule has 2 aliphatic carbocycles. The van der Waals surface area contributed by atoms with Crippen LogP contribution in [0.2, 0.25) is 0 Å². The molecule has 16 nitrogen and oxygen atoms in total. The van der Waals surface area contributed by atoms with Gasteiger partial charge in [0.1, 0.15) is 13.1 Å². The van der Waals surface area contributed by atoms with Crippen molar-refractivity contribution in [3.8, 4) is 0 Å². The van der Waals surface area contributed by atoms with Gasteiger partial charge >= 0.3 is 35.9 Å². The Bertz CT molecular complexity index is 2130. The number of ether oxygens (including phenoxy) is 2. The van der Waals surface area contributed by atoms with Crippen molar-refractivity contribution < 1.29 is 58.0 Å². The van der Waals surface area contributed by atoms with E-state index in [0.717, 1.165) is 33.4 Å². The van der Waals surface area contributed by atoms with Crippen molar-refractivity contribution in [2.45, 2.75) is 107 Å². The van der Waals surface area contributed by atoms with E-state index in [0.29, 0.717) is 11.1 Å². The minimum atomic E-state index is -1.07. The number of urea groups is 2. The maximum Gasteiger partial charge on any atom is 0.326 e. The number of carbonyl (C=O) groups excluding carboxylic acids is 6. The summed E-state index contributed by atoms with van der Waals surface area (Å²) in [6, 6.07) is -1.43. The Morgan fingerprint density at radius 2 is 0.868 bits per heavy atom. The Hall–Kier alpha value is -7.10. The first-order valence-corrected chi connectivity index (χ1v) is 22.3. The fourth-order valence-corrected chi connectivity index (χ4v) is 7.15. The zero-order valence-electron chi connectivity index (χ0n) is 40.9. The van der Waals surface area contributed by atoms with Gasteiger partial charge in [-0.05, 0) is 74.7 Å². The highest BCUT2D eigenvalue weighted by Gasteiger charge is 2.41. The van der Waals surface area contributed by atoms with Crippen LogP contribution >= 0.6 is 0 Å². The fourth-order valence-electron chi connectivity index (χ4n) is 7.15. The van der Waals surface area contributed by atoms with E-state index in [4.69, 9.17) is 19.7 Å². The molecule has 0 aromatic carbocycles. The van der Waals surface area contributed by atoms with Crippen molar-refractivity contribution in [2.75, 3.05) is 26.2 Å². The Kier molecular flexibility index (Phi) is 23.1. The number of aliphatic carboxylic acids is 2. The molecule has 2 aliphatic rings. The van der Waals surface area contributed by atoms with Crippen molar-refractivity contribution in [2.24, 2.45) is 10.8 Å². The lowest BCUT2D eigenvalue weighted by Crippen LogP contribution is -2.43. The van der Waals surface area contributed by atoms with E-state index in [1.165, 1.54) is 0 Å². The Morgan fingerprint density at radius 1 is 0.544 bits per heavy atom. The predicted molar refractivity (Wildman–Crippen MR) is 260 cm³/mol. The van der Waals surface area contributed by atoms with Crippen LogP contribution in [0.5, 0.6) is 0 Å².